The highest BCUT2D eigenvalue weighted by atomic mass is 32.1. The van der Waals surface area contributed by atoms with Crippen molar-refractivity contribution in [1.29, 1.82) is 5.26 Å². The Labute approximate surface area is 190 Å². The Balaban J connectivity index is 1.58. The van der Waals surface area contributed by atoms with Crippen LogP contribution in [0.1, 0.15) is 26.2 Å². The van der Waals surface area contributed by atoms with Crippen molar-refractivity contribution in [2.75, 3.05) is 31.2 Å². The van der Waals surface area contributed by atoms with E-state index in [0.29, 0.717) is 41.2 Å². The number of anilines is 1. The molecule has 0 spiro atoms. The molecular formula is C22H24N6O3S. The maximum atomic E-state index is 11.0. The average Bonchev–Trinajstić information content (AvgIpc) is 3.22. The largest absolute Gasteiger partial charge is 0.380 e. The third-order valence-electron chi connectivity index (χ3n) is 4.83. The van der Waals surface area contributed by atoms with E-state index in [0.717, 1.165) is 43.2 Å². The Hall–Kier alpha value is -3.42. The first-order valence-electron chi connectivity index (χ1n) is 10.4. The van der Waals surface area contributed by atoms with Crippen molar-refractivity contribution >= 4 is 44.5 Å². The number of benzene rings is 2. The number of non-ortho nitro benzene ring substituents is 1. The highest BCUT2D eigenvalue weighted by Gasteiger charge is 2.12. The van der Waals surface area contributed by atoms with E-state index >= 15 is 0 Å². The van der Waals surface area contributed by atoms with Crippen LogP contribution in [0.5, 0.6) is 0 Å². The first-order chi connectivity index (χ1) is 15.6. The van der Waals surface area contributed by atoms with Gasteiger partial charge in [0, 0.05) is 42.9 Å². The summed E-state index contributed by atoms with van der Waals surface area (Å²) < 4.78 is 9.68. The van der Waals surface area contributed by atoms with E-state index in [1.54, 1.807) is 6.07 Å². The van der Waals surface area contributed by atoms with Gasteiger partial charge in [0.2, 0.25) is 0 Å². The second-order valence-corrected chi connectivity index (χ2v) is 7.72. The molecule has 0 aliphatic rings. The maximum absolute atomic E-state index is 11.0. The molecule has 0 bridgehead atoms. The Kier molecular flexibility index (Phi) is 8.60. The fourth-order valence-corrected chi connectivity index (χ4v) is 3.82. The molecule has 3 aromatic rings. The summed E-state index contributed by atoms with van der Waals surface area (Å²) in [4.78, 5) is 12.9. The van der Waals surface area contributed by atoms with Gasteiger partial charge in [-0.2, -0.15) is 9.64 Å². The van der Waals surface area contributed by atoms with E-state index < -0.39 is 4.92 Å². The van der Waals surface area contributed by atoms with Crippen molar-refractivity contribution in [3.8, 4) is 6.07 Å². The number of ether oxygens (including phenoxy) is 1. The molecule has 10 heteroatoms. The number of fused-ring (bicyclic) bond motifs is 1. The first-order valence-corrected chi connectivity index (χ1v) is 11.1. The Morgan fingerprint density at radius 3 is 2.72 bits per heavy atom. The zero-order valence-corrected chi connectivity index (χ0v) is 18.6. The summed E-state index contributed by atoms with van der Waals surface area (Å²) in [6.45, 7) is 5.10. The number of hydrogen-bond acceptors (Lipinski definition) is 9. The van der Waals surface area contributed by atoms with Gasteiger partial charge in [0.05, 0.1) is 35.2 Å². The molecule has 0 atom stereocenters. The van der Waals surface area contributed by atoms with Crippen molar-refractivity contribution in [2.45, 2.75) is 26.2 Å². The molecule has 1 heterocycles. The van der Waals surface area contributed by atoms with E-state index in [9.17, 15) is 10.1 Å². The summed E-state index contributed by atoms with van der Waals surface area (Å²) in [5.74, 6) is 0. The van der Waals surface area contributed by atoms with E-state index in [4.69, 9.17) is 10.00 Å². The van der Waals surface area contributed by atoms with Gasteiger partial charge in [-0.3, -0.25) is 10.1 Å². The third-order valence-corrected chi connectivity index (χ3v) is 5.59. The van der Waals surface area contributed by atoms with E-state index in [2.05, 4.69) is 32.5 Å². The maximum Gasteiger partial charge on any atom is 0.270 e. The van der Waals surface area contributed by atoms with Crippen LogP contribution >= 0.6 is 11.5 Å². The minimum Gasteiger partial charge on any atom is -0.380 e. The molecular weight excluding hydrogens is 428 g/mol. The summed E-state index contributed by atoms with van der Waals surface area (Å²) in [6.07, 6.45) is 2.39. The topological polar surface area (TPSA) is 117 Å². The smallest absolute Gasteiger partial charge is 0.270 e. The zero-order chi connectivity index (χ0) is 22.8. The molecule has 0 saturated carbocycles. The Morgan fingerprint density at radius 2 is 2.00 bits per heavy atom. The lowest BCUT2D eigenvalue weighted by Crippen LogP contribution is -2.24. The van der Waals surface area contributed by atoms with Crippen LogP contribution in [0.25, 0.3) is 10.9 Å². The van der Waals surface area contributed by atoms with Crippen LogP contribution < -0.4 is 4.90 Å². The molecule has 0 aliphatic heterocycles. The fourth-order valence-electron chi connectivity index (χ4n) is 3.13. The molecule has 0 saturated heterocycles. The first kappa shape index (κ1) is 23.2. The van der Waals surface area contributed by atoms with Crippen molar-refractivity contribution in [3.63, 3.8) is 0 Å². The normalized spacial score (nSPS) is 11.1. The number of azo groups is 1. The lowest BCUT2D eigenvalue weighted by molar-refractivity contribution is -0.384. The van der Waals surface area contributed by atoms with Gasteiger partial charge in [-0.15, -0.1) is 10.2 Å². The number of nitro benzene ring substituents is 1. The van der Waals surface area contributed by atoms with Crippen molar-refractivity contribution in [3.05, 3.63) is 52.6 Å². The molecule has 0 radical (unpaired) electrons. The second-order valence-electron chi connectivity index (χ2n) is 6.97. The van der Waals surface area contributed by atoms with Gasteiger partial charge in [-0.05, 0) is 61.6 Å². The van der Waals surface area contributed by atoms with Gasteiger partial charge < -0.3 is 9.64 Å². The molecule has 32 heavy (non-hydrogen) atoms. The quantitative estimate of drug-likeness (QED) is 0.141. The molecule has 2 aromatic carbocycles. The SMILES string of the molecule is CCN(CCCCOCCC#N)c1ccc(N=Nc2snc3ccc([N+](=O)[O-])cc23)cc1. The van der Waals surface area contributed by atoms with Gasteiger partial charge in [-0.25, -0.2) is 0 Å². The van der Waals surface area contributed by atoms with Crippen LogP contribution in [-0.4, -0.2) is 35.6 Å². The van der Waals surface area contributed by atoms with Crippen LogP contribution in [0.15, 0.2) is 52.7 Å². The van der Waals surface area contributed by atoms with Gasteiger partial charge in [0.25, 0.3) is 5.69 Å². The summed E-state index contributed by atoms with van der Waals surface area (Å²) >= 11 is 1.16. The molecule has 166 valence electrons. The highest BCUT2D eigenvalue weighted by Crippen LogP contribution is 2.34. The molecule has 3 rings (SSSR count). The monoisotopic (exact) mass is 452 g/mol. The van der Waals surface area contributed by atoms with E-state index in [1.807, 2.05) is 24.3 Å². The van der Waals surface area contributed by atoms with E-state index in [1.165, 1.54) is 12.1 Å². The molecule has 0 unspecified atom stereocenters. The van der Waals surface area contributed by atoms with Gasteiger partial charge in [0.1, 0.15) is 0 Å². The van der Waals surface area contributed by atoms with Crippen LogP contribution in [0.2, 0.25) is 0 Å². The number of nitriles is 1. The van der Waals surface area contributed by atoms with Crippen LogP contribution in [0.3, 0.4) is 0 Å². The third kappa shape index (κ3) is 6.29. The minimum absolute atomic E-state index is 0.00638. The second kappa shape index (κ2) is 11.8. The zero-order valence-electron chi connectivity index (χ0n) is 17.8. The molecule has 0 aliphatic carbocycles. The average molecular weight is 453 g/mol. The van der Waals surface area contributed by atoms with Gasteiger partial charge in [0.15, 0.2) is 5.00 Å². The summed E-state index contributed by atoms with van der Waals surface area (Å²) in [5, 5.41) is 29.2. The van der Waals surface area contributed by atoms with E-state index in [-0.39, 0.29) is 5.69 Å². The molecule has 1 aromatic heterocycles. The standard InChI is InChI=1S/C22H24N6O3S/c1-2-27(13-3-4-14-31-15-5-12-23)18-8-6-17(7-9-18)24-25-22-20-16-19(28(29)30)10-11-21(20)26-32-22/h6-11,16H,2-5,13-15H2,1H3. The number of rotatable bonds is 12. The number of hydrogen-bond donors (Lipinski definition) is 0. The van der Waals surface area contributed by atoms with Crippen molar-refractivity contribution in [2.24, 2.45) is 10.2 Å². The van der Waals surface area contributed by atoms with Crippen LogP contribution in [0, 0.1) is 21.4 Å². The van der Waals surface area contributed by atoms with Crippen LogP contribution in [-0.2, 0) is 4.74 Å². The van der Waals surface area contributed by atoms with Gasteiger partial charge in [-0.1, -0.05) is 0 Å². The number of aromatic nitrogens is 1. The predicted octanol–water partition coefficient (Wildman–Crippen LogP) is 6.16. The number of unbranched alkanes of at least 4 members (excludes halogenated alkanes) is 1. The minimum atomic E-state index is -0.432. The van der Waals surface area contributed by atoms with Crippen molar-refractivity contribution < 1.29 is 9.66 Å². The summed E-state index contributed by atoms with van der Waals surface area (Å²) in [7, 11) is 0. The fraction of sp³-hybridized carbons (Fsp3) is 0.364. The molecule has 0 fully saturated rings. The Morgan fingerprint density at radius 1 is 1.19 bits per heavy atom. The molecule has 0 N–H and O–H groups in total. The number of nitro groups is 1. The predicted molar refractivity (Wildman–Crippen MR) is 125 cm³/mol. The molecule has 0 amide bonds. The Bertz CT molecular complexity index is 1110. The summed E-state index contributed by atoms with van der Waals surface area (Å²) in [6, 6.07) is 14.4. The van der Waals surface area contributed by atoms with Gasteiger partial charge >= 0.3 is 0 Å². The van der Waals surface area contributed by atoms with Crippen LogP contribution in [0.4, 0.5) is 22.1 Å². The lowest BCUT2D eigenvalue weighted by atomic mass is 10.2. The lowest BCUT2D eigenvalue weighted by Gasteiger charge is -2.23. The number of nitrogens with zero attached hydrogens (tertiary/aromatic N) is 6. The highest BCUT2D eigenvalue weighted by molar-refractivity contribution is 7.11. The van der Waals surface area contributed by atoms with Crippen molar-refractivity contribution in [1.82, 2.24) is 4.37 Å². The molecule has 9 nitrogen and oxygen atoms in total. The summed E-state index contributed by atoms with van der Waals surface area (Å²) in [5.41, 5.74) is 2.48.